The van der Waals surface area contributed by atoms with Crippen LogP contribution in [0.15, 0.2) is 11.1 Å². The fourth-order valence-corrected chi connectivity index (χ4v) is 2.06. The topological polar surface area (TPSA) is 99.8 Å². The number of nitrogens with zero attached hydrogens (tertiary/aromatic N) is 2. The molecule has 0 aliphatic heterocycles. The number of nitriles is 1. The number of methoxy groups -OCH3 is 1. The first kappa shape index (κ1) is 17.2. The Hall–Kier alpha value is -1.81. The van der Waals surface area contributed by atoms with Gasteiger partial charge in [0.2, 0.25) is 0 Å². The van der Waals surface area contributed by atoms with E-state index in [1.54, 1.807) is 6.07 Å². The lowest BCUT2D eigenvalue weighted by molar-refractivity contribution is -0.141. The molecule has 6 nitrogen and oxygen atoms in total. The van der Waals surface area contributed by atoms with Crippen molar-refractivity contribution in [2.45, 2.75) is 0 Å². The highest BCUT2D eigenvalue weighted by Crippen LogP contribution is 2.38. The quantitative estimate of drug-likeness (QED) is 0.510. The first-order chi connectivity index (χ1) is 9.83. The SMILES string of the molecule is COC(=O)C(C#N)C=Nc1cc(Cl)c(Cl)c(C(=O)O)c1Cl. The molecule has 1 unspecified atom stereocenters. The van der Waals surface area contributed by atoms with E-state index in [-0.39, 0.29) is 20.8 Å². The molecule has 0 saturated heterocycles. The molecule has 1 aromatic rings. The van der Waals surface area contributed by atoms with E-state index in [1.807, 2.05) is 0 Å². The number of carboxylic acids is 1. The summed E-state index contributed by atoms with van der Waals surface area (Å²) >= 11 is 17.4. The minimum atomic E-state index is -1.38. The molecule has 0 aliphatic carbocycles. The number of aliphatic imine (C=N–C) groups is 1. The monoisotopic (exact) mass is 348 g/mol. The minimum Gasteiger partial charge on any atom is -0.478 e. The summed E-state index contributed by atoms with van der Waals surface area (Å²) in [7, 11) is 1.12. The van der Waals surface area contributed by atoms with Crippen molar-refractivity contribution in [1.29, 1.82) is 5.26 Å². The predicted octanol–water partition coefficient (Wildman–Crippen LogP) is 3.36. The van der Waals surface area contributed by atoms with E-state index in [0.29, 0.717) is 0 Å². The van der Waals surface area contributed by atoms with Gasteiger partial charge >= 0.3 is 11.9 Å². The van der Waals surface area contributed by atoms with Crippen LogP contribution in [0.5, 0.6) is 0 Å². The molecule has 0 bridgehead atoms. The number of rotatable bonds is 4. The van der Waals surface area contributed by atoms with Crippen LogP contribution in [0.3, 0.4) is 0 Å². The largest absolute Gasteiger partial charge is 0.478 e. The second-order valence-electron chi connectivity index (χ2n) is 3.59. The van der Waals surface area contributed by atoms with Gasteiger partial charge in [-0.15, -0.1) is 0 Å². The highest BCUT2D eigenvalue weighted by Gasteiger charge is 2.21. The van der Waals surface area contributed by atoms with Crippen LogP contribution >= 0.6 is 34.8 Å². The number of hydrogen-bond donors (Lipinski definition) is 1. The van der Waals surface area contributed by atoms with Crippen molar-refractivity contribution in [2.75, 3.05) is 7.11 Å². The Balaban J connectivity index is 3.30. The molecule has 0 aliphatic rings. The molecule has 0 radical (unpaired) electrons. The average Bonchev–Trinajstić information content (AvgIpc) is 2.44. The Morgan fingerprint density at radius 1 is 1.43 bits per heavy atom. The molecule has 0 fully saturated rings. The molecule has 0 heterocycles. The molecule has 1 aromatic carbocycles. The van der Waals surface area contributed by atoms with E-state index >= 15 is 0 Å². The number of carboxylic acid groups (broad SMARTS) is 1. The van der Waals surface area contributed by atoms with E-state index in [4.69, 9.17) is 45.2 Å². The molecule has 1 N–H and O–H groups in total. The van der Waals surface area contributed by atoms with Gasteiger partial charge in [-0.2, -0.15) is 5.26 Å². The maximum atomic E-state index is 11.2. The minimum absolute atomic E-state index is 0.0346. The Labute approximate surface area is 134 Å². The fraction of sp³-hybridized carbons (Fsp3) is 0.167. The normalized spacial score (nSPS) is 12.0. The van der Waals surface area contributed by atoms with Crippen molar-refractivity contribution in [2.24, 2.45) is 10.9 Å². The van der Waals surface area contributed by atoms with E-state index < -0.39 is 23.4 Å². The van der Waals surface area contributed by atoms with Gasteiger partial charge in [-0.3, -0.25) is 9.79 Å². The number of benzene rings is 1. The summed E-state index contributed by atoms with van der Waals surface area (Å²) < 4.78 is 4.40. The highest BCUT2D eigenvalue weighted by atomic mass is 35.5. The summed E-state index contributed by atoms with van der Waals surface area (Å²) in [5, 5.41) is 17.3. The molecule has 0 aromatic heterocycles. The third kappa shape index (κ3) is 3.85. The number of aromatic carboxylic acids is 1. The van der Waals surface area contributed by atoms with Gasteiger partial charge in [-0.1, -0.05) is 34.8 Å². The van der Waals surface area contributed by atoms with Crippen LogP contribution in [0, 0.1) is 17.2 Å². The van der Waals surface area contributed by atoms with E-state index in [1.165, 1.54) is 6.07 Å². The van der Waals surface area contributed by atoms with E-state index in [2.05, 4.69) is 9.73 Å². The summed E-state index contributed by atoms with van der Waals surface area (Å²) in [6.07, 6.45) is 0.975. The summed E-state index contributed by atoms with van der Waals surface area (Å²) in [4.78, 5) is 26.1. The number of hydrogen-bond acceptors (Lipinski definition) is 5. The summed E-state index contributed by atoms with van der Waals surface area (Å²) in [6.45, 7) is 0. The maximum absolute atomic E-state index is 11.2. The second kappa shape index (κ2) is 7.27. The molecular formula is C12H7Cl3N2O4. The van der Waals surface area contributed by atoms with Gasteiger partial charge in [-0.25, -0.2) is 4.79 Å². The number of ether oxygens (including phenoxy) is 1. The third-order valence-corrected chi connectivity index (χ3v) is 3.48. The molecule has 9 heteroatoms. The zero-order valence-corrected chi connectivity index (χ0v) is 12.7. The van der Waals surface area contributed by atoms with Crippen molar-refractivity contribution in [1.82, 2.24) is 0 Å². The average molecular weight is 350 g/mol. The van der Waals surface area contributed by atoms with E-state index in [0.717, 1.165) is 13.3 Å². The first-order valence-electron chi connectivity index (χ1n) is 5.25. The van der Waals surface area contributed by atoms with Crippen LogP contribution in [-0.2, 0) is 9.53 Å². The van der Waals surface area contributed by atoms with Crippen molar-refractivity contribution >= 4 is 58.6 Å². The molecule has 1 atom stereocenters. The number of esters is 1. The standard InChI is InChI=1S/C12H7Cl3N2O4/c1-21-12(20)5(3-16)4-17-7-2-6(13)9(14)8(10(7)15)11(18)19/h2,4-5H,1H3,(H,18,19). The molecule has 1 rings (SSSR count). The van der Waals surface area contributed by atoms with Crippen LogP contribution in [0.25, 0.3) is 0 Å². The fourth-order valence-electron chi connectivity index (χ4n) is 1.30. The molecule has 0 amide bonds. The van der Waals surface area contributed by atoms with E-state index in [9.17, 15) is 9.59 Å². The van der Waals surface area contributed by atoms with Crippen molar-refractivity contribution in [3.8, 4) is 6.07 Å². The van der Waals surface area contributed by atoms with Gasteiger partial charge in [-0.05, 0) is 6.07 Å². The van der Waals surface area contributed by atoms with Gasteiger partial charge in [0, 0.05) is 6.21 Å². The zero-order valence-electron chi connectivity index (χ0n) is 10.4. The number of carbonyl (C=O) groups is 2. The van der Waals surface area contributed by atoms with Gasteiger partial charge in [0.25, 0.3) is 0 Å². The Morgan fingerprint density at radius 3 is 2.52 bits per heavy atom. The molecule has 21 heavy (non-hydrogen) atoms. The Bertz CT molecular complexity index is 667. The molecular weight excluding hydrogens is 343 g/mol. The van der Waals surface area contributed by atoms with Crippen molar-refractivity contribution in [3.05, 3.63) is 26.7 Å². The summed E-state index contributed by atoms with van der Waals surface area (Å²) in [5.74, 6) is -3.45. The third-order valence-electron chi connectivity index (χ3n) is 2.31. The maximum Gasteiger partial charge on any atom is 0.338 e. The first-order valence-corrected chi connectivity index (χ1v) is 6.39. The zero-order chi connectivity index (χ0) is 16.2. The Morgan fingerprint density at radius 2 is 2.05 bits per heavy atom. The highest BCUT2D eigenvalue weighted by molar-refractivity contribution is 6.47. The van der Waals surface area contributed by atoms with Crippen molar-refractivity contribution < 1.29 is 19.4 Å². The van der Waals surface area contributed by atoms with Crippen LogP contribution < -0.4 is 0 Å². The summed E-state index contributed by atoms with van der Waals surface area (Å²) in [5.41, 5.74) is -0.447. The van der Waals surface area contributed by atoms with Crippen LogP contribution in [0.4, 0.5) is 5.69 Å². The van der Waals surface area contributed by atoms with Gasteiger partial charge in [0.1, 0.15) is 5.56 Å². The smallest absolute Gasteiger partial charge is 0.338 e. The molecule has 0 spiro atoms. The number of halogens is 3. The van der Waals surface area contributed by atoms with Gasteiger partial charge in [0.15, 0.2) is 5.92 Å². The van der Waals surface area contributed by atoms with Crippen LogP contribution in [0.2, 0.25) is 15.1 Å². The lowest BCUT2D eigenvalue weighted by Gasteiger charge is -2.07. The predicted molar refractivity (Wildman–Crippen MR) is 77.7 cm³/mol. The molecule has 110 valence electrons. The lowest BCUT2D eigenvalue weighted by atomic mass is 10.2. The van der Waals surface area contributed by atoms with Crippen LogP contribution in [0.1, 0.15) is 10.4 Å². The second-order valence-corrected chi connectivity index (χ2v) is 4.76. The van der Waals surface area contributed by atoms with Gasteiger partial charge in [0.05, 0.1) is 33.9 Å². The summed E-state index contributed by atoms with van der Waals surface area (Å²) in [6, 6.07) is 2.89. The Kier molecular flexibility index (Phi) is 5.97. The van der Waals surface area contributed by atoms with Crippen molar-refractivity contribution in [3.63, 3.8) is 0 Å². The number of carbonyl (C=O) groups excluding carboxylic acids is 1. The lowest BCUT2D eigenvalue weighted by Crippen LogP contribution is -2.15. The van der Waals surface area contributed by atoms with Crippen LogP contribution in [-0.4, -0.2) is 30.4 Å². The van der Waals surface area contributed by atoms with Gasteiger partial charge < -0.3 is 9.84 Å². The molecule has 0 saturated carbocycles.